The fourth-order valence-corrected chi connectivity index (χ4v) is 1.80. The average molecular weight is 243 g/mol. The standard InChI is InChI=1S/C14H17N3O/c1-4-15-14-8-6-12(16-17-14)11-5-7-13(18-3)10(2)9-11/h5-9H,4H2,1-3H3,(H,15,17). The summed E-state index contributed by atoms with van der Waals surface area (Å²) in [6.45, 7) is 4.89. The molecule has 0 saturated carbocycles. The van der Waals surface area contributed by atoms with Gasteiger partial charge in [-0.25, -0.2) is 0 Å². The van der Waals surface area contributed by atoms with Crippen molar-refractivity contribution in [3.8, 4) is 17.0 Å². The highest BCUT2D eigenvalue weighted by molar-refractivity contribution is 5.62. The van der Waals surface area contributed by atoms with Crippen LogP contribution in [0.3, 0.4) is 0 Å². The zero-order chi connectivity index (χ0) is 13.0. The van der Waals surface area contributed by atoms with Crippen LogP contribution in [0.25, 0.3) is 11.3 Å². The van der Waals surface area contributed by atoms with E-state index < -0.39 is 0 Å². The first-order valence-corrected chi connectivity index (χ1v) is 5.97. The van der Waals surface area contributed by atoms with Crippen molar-refractivity contribution < 1.29 is 4.74 Å². The number of rotatable bonds is 4. The van der Waals surface area contributed by atoms with Crippen LogP contribution in [-0.4, -0.2) is 23.9 Å². The molecule has 1 N–H and O–H groups in total. The molecule has 0 atom stereocenters. The number of aryl methyl sites for hydroxylation is 1. The zero-order valence-electron chi connectivity index (χ0n) is 10.9. The Labute approximate surface area is 107 Å². The third kappa shape index (κ3) is 2.59. The van der Waals surface area contributed by atoms with Gasteiger partial charge in [-0.05, 0) is 49.7 Å². The van der Waals surface area contributed by atoms with E-state index in [2.05, 4.69) is 21.6 Å². The SMILES string of the molecule is CCNc1ccc(-c2ccc(OC)c(C)c2)nn1. The second-order valence-corrected chi connectivity index (χ2v) is 4.02. The summed E-state index contributed by atoms with van der Waals surface area (Å²) in [6.07, 6.45) is 0. The first-order chi connectivity index (χ1) is 8.74. The summed E-state index contributed by atoms with van der Waals surface area (Å²) in [7, 11) is 1.67. The minimum Gasteiger partial charge on any atom is -0.496 e. The molecule has 0 bridgehead atoms. The molecule has 0 fully saturated rings. The van der Waals surface area contributed by atoms with E-state index in [-0.39, 0.29) is 0 Å². The van der Waals surface area contributed by atoms with Crippen molar-refractivity contribution in [2.24, 2.45) is 0 Å². The summed E-state index contributed by atoms with van der Waals surface area (Å²) in [6, 6.07) is 9.89. The fraction of sp³-hybridized carbons (Fsp3) is 0.286. The lowest BCUT2D eigenvalue weighted by molar-refractivity contribution is 0.412. The van der Waals surface area contributed by atoms with Crippen molar-refractivity contribution in [2.75, 3.05) is 19.0 Å². The monoisotopic (exact) mass is 243 g/mol. The Kier molecular flexibility index (Phi) is 3.77. The molecular formula is C14H17N3O. The summed E-state index contributed by atoms with van der Waals surface area (Å²) in [4.78, 5) is 0. The van der Waals surface area contributed by atoms with Gasteiger partial charge in [-0.3, -0.25) is 0 Å². The van der Waals surface area contributed by atoms with E-state index in [0.29, 0.717) is 0 Å². The van der Waals surface area contributed by atoms with Gasteiger partial charge < -0.3 is 10.1 Å². The van der Waals surface area contributed by atoms with Crippen LogP contribution >= 0.6 is 0 Å². The van der Waals surface area contributed by atoms with E-state index in [1.54, 1.807) is 7.11 Å². The Morgan fingerprint density at radius 1 is 1.17 bits per heavy atom. The topological polar surface area (TPSA) is 47.0 Å². The van der Waals surface area contributed by atoms with Crippen molar-refractivity contribution in [2.45, 2.75) is 13.8 Å². The molecule has 2 aromatic rings. The first-order valence-electron chi connectivity index (χ1n) is 5.97. The van der Waals surface area contributed by atoms with Crippen LogP contribution in [0, 0.1) is 6.92 Å². The number of hydrogen-bond acceptors (Lipinski definition) is 4. The quantitative estimate of drug-likeness (QED) is 0.897. The molecule has 0 aliphatic rings. The lowest BCUT2D eigenvalue weighted by Gasteiger charge is -2.07. The number of nitrogens with zero attached hydrogens (tertiary/aromatic N) is 2. The number of aromatic nitrogens is 2. The van der Waals surface area contributed by atoms with Gasteiger partial charge in [0.25, 0.3) is 0 Å². The summed E-state index contributed by atoms with van der Waals surface area (Å²) in [5.41, 5.74) is 3.00. The molecule has 18 heavy (non-hydrogen) atoms. The van der Waals surface area contributed by atoms with Crippen molar-refractivity contribution in [3.05, 3.63) is 35.9 Å². The summed E-state index contributed by atoms with van der Waals surface area (Å²) in [5.74, 6) is 1.68. The molecule has 2 rings (SSSR count). The molecule has 94 valence electrons. The van der Waals surface area contributed by atoms with Gasteiger partial charge in [-0.1, -0.05) is 0 Å². The second-order valence-electron chi connectivity index (χ2n) is 4.02. The van der Waals surface area contributed by atoms with Crippen molar-refractivity contribution in [3.63, 3.8) is 0 Å². The Hall–Kier alpha value is -2.10. The van der Waals surface area contributed by atoms with E-state index >= 15 is 0 Å². The van der Waals surface area contributed by atoms with Gasteiger partial charge in [-0.2, -0.15) is 0 Å². The van der Waals surface area contributed by atoms with E-state index in [0.717, 1.165) is 34.9 Å². The van der Waals surface area contributed by atoms with E-state index in [1.807, 2.05) is 38.1 Å². The summed E-state index contributed by atoms with van der Waals surface area (Å²) >= 11 is 0. The summed E-state index contributed by atoms with van der Waals surface area (Å²) < 4.78 is 5.24. The molecule has 1 aromatic heterocycles. The maximum absolute atomic E-state index is 5.24. The minimum atomic E-state index is 0.798. The molecule has 0 aliphatic carbocycles. The number of ether oxygens (including phenoxy) is 1. The number of benzene rings is 1. The maximum Gasteiger partial charge on any atom is 0.148 e. The maximum atomic E-state index is 5.24. The third-order valence-electron chi connectivity index (χ3n) is 2.71. The normalized spacial score (nSPS) is 10.2. The van der Waals surface area contributed by atoms with E-state index in [9.17, 15) is 0 Å². The van der Waals surface area contributed by atoms with Gasteiger partial charge in [0.1, 0.15) is 11.6 Å². The molecule has 4 heteroatoms. The highest BCUT2D eigenvalue weighted by atomic mass is 16.5. The zero-order valence-corrected chi connectivity index (χ0v) is 10.9. The van der Waals surface area contributed by atoms with Crippen LogP contribution in [0.4, 0.5) is 5.82 Å². The fourth-order valence-electron chi connectivity index (χ4n) is 1.80. The molecule has 4 nitrogen and oxygen atoms in total. The average Bonchev–Trinajstić information content (AvgIpc) is 2.40. The van der Waals surface area contributed by atoms with Crippen LogP contribution in [0.2, 0.25) is 0 Å². The molecule has 0 amide bonds. The molecule has 0 unspecified atom stereocenters. The third-order valence-corrected chi connectivity index (χ3v) is 2.71. The predicted molar refractivity (Wildman–Crippen MR) is 72.9 cm³/mol. The van der Waals surface area contributed by atoms with Gasteiger partial charge in [0.15, 0.2) is 0 Å². The van der Waals surface area contributed by atoms with Gasteiger partial charge in [0.05, 0.1) is 12.8 Å². The molecule has 0 spiro atoms. The predicted octanol–water partition coefficient (Wildman–Crippen LogP) is 2.89. The molecule has 0 saturated heterocycles. The van der Waals surface area contributed by atoms with Gasteiger partial charge in [-0.15, -0.1) is 10.2 Å². The number of hydrogen-bond donors (Lipinski definition) is 1. The van der Waals surface area contributed by atoms with Crippen LogP contribution in [-0.2, 0) is 0 Å². The first kappa shape index (κ1) is 12.4. The Morgan fingerprint density at radius 2 is 2.00 bits per heavy atom. The van der Waals surface area contributed by atoms with Crippen molar-refractivity contribution in [1.29, 1.82) is 0 Å². The van der Waals surface area contributed by atoms with Crippen LogP contribution < -0.4 is 10.1 Å². The highest BCUT2D eigenvalue weighted by Crippen LogP contribution is 2.24. The smallest absolute Gasteiger partial charge is 0.148 e. The van der Waals surface area contributed by atoms with E-state index in [4.69, 9.17) is 4.74 Å². The largest absolute Gasteiger partial charge is 0.496 e. The lowest BCUT2D eigenvalue weighted by Crippen LogP contribution is -2.00. The van der Waals surface area contributed by atoms with Crippen molar-refractivity contribution in [1.82, 2.24) is 10.2 Å². The van der Waals surface area contributed by atoms with Crippen LogP contribution in [0.1, 0.15) is 12.5 Å². The number of anilines is 1. The Morgan fingerprint density at radius 3 is 2.56 bits per heavy atom. The molecule has 1 aromatic carbocycles. The Balaban J connectivity index is 2.28. The molecular weight excluding hydrogens is 226 g/mol. The molecule has 0 radical (unpaired) electrons. The van der Waals surface area contributed by atoms with Crippen molar-refractivity contribution >= 4 is 5.82 Å². The Bertz CT molecular complexity index is 523. The lowest BCUT2D eigenvalue weighted by atomic mass is 10.1. The molecule has 1 heterocycles. The van der Waals surface area contributed by atoms with Gasteiger partial charge in [0, 0.05) is 12.1 Å². The van der Waals surface area contributed by atoms with Crippen LogP contribution in [0.5, 0.6) is 5.75 Å². The second kappa shape index (κ2) is 5.49. The molecule has 0 aliphatic heterocycles. The number of nitrogens with one attached hydrogen (secondary N) is 1. The van der Waals surface area contributed by atoms with E-state index in [1.165, 1.54) is 0 Å². The number of methoxy groups -OCH3 is 1. The van der Waals surface area contributed by atoms with Gasteiger partial charge in [0.2, 0.25) is 0 Å². The van der Waals surface area contributed by atoms with Gasteiger partial charge >= 0.3 is 0 Å². The highest BCUT2D eigenvalue weighted by Gasteiger charge is 2.04. The minimum absolute atomic E-state index is 0.798. The summed E-state index contributed by atoms with van der Waals surface area (Å²) in [5, 5.41) is 11.5. The van der Waals surface area contributed by atoms with Crippen LogP contribution in [0.15, 0.2) is 30.3 Å².